The van der Waals surface area contributed by atoms with Crippen LogP contribution in [-0.4, -0.2) is 45.2 Å². The topological polar surface area (TPSA) is 95.4 Å². The van der Waals surface area contributed by atoms with E-state index in [1.807, 2.05) is 0 Å². The number of aromatic amines is 1. The highest BCUT2D eigenvalue weighted by Crippen LogP contribution is 2.34. The lowest BCUT2D eigenvalue weighted by atomic mass is 10.1. The first-order valence-electron chi connectivity index (χ1n) is 4.76. The predicted molar refractivity (Wildman–Crippen MR) is 50.5 cm³/mol. The first-order chi connectivity index (χ1) is 7.63. The third-order valence-corrected chi connectivity index (χ3v) is 2.52. The lowest BCUT2D eigenvalue weighted by molar-refractivity contribution is -0.0227. The summed E-state index contributed by atoms with van der Waals surface area (Å²) in [5, 5.41) is 18.2. The van der Waals surface area contributed by atoms with Gasteiger partial charge in [-0.2, -0.15) is 0 Å². The minimum Gasteiger partial charge on any atom is -0.394 e. The number of nitrogens with zero attached hydrogens (tertiary/aromatic N) is 1. The number of rotatable bonds is 2. The molecule has 0 saturated carbocycles. The van der Waals surface area contributed by atoms with E-state index < -0.39 is 36.8 Å². The molecule has 0 amide bonds. The maximum absolute atomic E-state index is 13.6. The lowest BCUT2D eigenvalue weighted by Crippen LogP contribution is -2.30. The monoisotopic (exact) mass is 230 g/mol. The molecular formula is C9H11FN2O4. The number of hydrogen-bond donors (Lipinski definition) is 3. The zero-order chi connectivity index (χ0) is 11.7. The lowest BCUT2D eigenvalue weighted by Gasteiger charge is -2.11. The molecule has 16 heavy (non-hydrogen) atoms. The Bertz CT molecular complexity index is 404. The van der Waals surface area contributed by atoms with Crippen LogP contribution >= 0.6 is 0 Å². The van der Waals surface area contributed by atoms with Crippen LogP contribution in [0.25, 0.3) is 0 Å². The highest BCUT2D eigenvalue weighted by molar-refractivity contribution is 5.13. The molecule has 0 bridgehead atoms. The number of ether oxygens (including phenoxy) is 1. The maximum Gasteiger partial charge on any atom is 0.344 e. The fraction of sp³-hybridized carbons (Fsp3) is 0.556. The van der Waals surface area contributed by atoms with Gasteiger partial charge in [0.15, 0.2) is 6.17 Å². The molecule has 2 unspecified atom stereocenters. The van der Waals surface area contributed by atoms with Gasteiger partial charge in [0, 0.05) is 18.0 Å². The fourth-order valence-corrected chi connectivity index (χ4v) is 1.65. The molecule has 1 fully saturated rings. The van der Waals surface area contributed by atoms with Gasteiger partial charge in [-0.05, 0) is 0 Å². The quantitative estimate of drug-likeness (QED) is 0.599. The van der Waals surface area contributed by atoms with E-state index in [0.717, 1.165) is 0 Å². The average molecular weight is 230 g/mol. The summed E-state index contributed by atoms with van der Waals surface area (Å²) in [6.45, 7) is -0.463. The number of aliphatic hydroxyl groups excluding tert-OH is 2. The summed E-state index contributed by atoms with van der Waals surface area (Å²) in [5.41, 5.74) is -0.224. The molecule has 1 saturated heterocycles. The minimum absolute atomic E-state index is 0.321. The average Bonchev–Trinajstić information content (AvgIpc) is 2.57. The Morgan fingerprint density at radius 3 is 2.88 bits per heavy atom. The van der Waals surface area contributed by atoms with Crippen LogP contribution in [0.1, 0.15) is 11.7 Å². The van der Waals surface area contributed by atoms with Crippen LogP contribution in [-0.2, 0) is 4.74 Å². The number of alkyl halides is 1. The van der Waals surface area contributed by atoms with E-state index in [4.69, 9.17) is 9.84 Å². The van der Waals surface area contributed by atoms with Crippen molar-refractivity contribution in [1.82, 2.24) is 9.97 Å². The van der Waals surface area contributed by atoms with Crippen LogP contribution in [0.2, 0.25) is 0 Å². The van der Waals surface area contributed by atoms with Gasteiger partial charge in [0.25, 0.3) is 0 Å². The Morgan fingerprint density at radius 2 is 2.38 bits per heavy atom. The Balaban J connectivity index is 2.22. The number of halogens is 1. The van der Waals surface area contributed by atoms with Gasteiger partial charge in [-0.15, -0.1) is 0 Å². The second-order valence-corrected chi connectivity index (χ2v) is 3.56. The van der Waals surface area contributed by atoms with E-state index in [1.54, 1.807) is 0 Å². The number of aromatic nitrogens is 2. The van der Waals surface area contributed by atoms with Crippen molar-refractivity contribution in [1.29, 1.82) is 0 Å². The van der Waals surface area contributed by atoms with Crippen LogP contribution in [0.3, 0.4) is 0 Å². The molecule has 3 N–H and O–H groups in total. The summed E-state index contributed by atoms with van der Waals surface area (Å²) in [5.74, 6) is 0. The molecule has 88 valence electrons. The van der Waals surface area contributed by atoms with Crippen molar-refractivity contribution in [3.05, 3.63) is 28.4 Å². The number of nitrogens with one attached hydrogen (secondary N) is 1. The van der Waals surface area contributed by atoms with Crippen molar-refractivity contribution in [3.8, 4) is 0 Å². The zero-order valence-corrected chi connectivity index (χ0v) is 8.21. The van der Waals surface area contributed by atoms with E-state index in [0.29, 0.717) is 5.56 Å². The Labute approximate surface area is 89.7 Å². The molecular weight excluding hydrogens is 219 g/mol. The van der Waals surface area contributed by atoms with Crippen LogP contribution in [0.4, 0.5) is 4.39 Å². The van der Waals surface area contributed by atoms with E-state index in [2.05, 4.69) is 9.97 Å². The predicted octanol–water partition coefficient (Wildman–Crippen LogP) is -1.10. The molecule has 0 spiro atoms. The van der Waals surface area contributed by atoms with Crippen molar-refractivity contribution in [2.24, 2.45) is 0 Å². The second kappa shape index (κ2) is 4.28. The first kappa shape index (κ1) is 11.2. The third-order valence-electron chi connectivity index (χ3n) is 2.52. The molecule has 2 rings (SSSR count). The van der Waals surface area contributed by atoms with Gasteiger partial charge in [0.2, 0.25) is 0 Å². The van der Waals surface area contributed by atoms with E-state index in [-0.39, 0.29) is 0 Å². The third kappa shape index (κ3) is 1.84. The largest absolute Gasteiger partial charge is 0.394 e. The van der Waals surface area contributed by atoms with Crippen molar-refractivity contribution in [2.75, 3.05) is 6.61 Å². The van der Waals surface area contributed by atoms with Crippen molar-refractivity contribution in [2.45, 2.75) is 24.5 Å². The summed E-state index contributed by atoms with van der Waals surface area (Å²) in [4.78, 5) is 16.4. The van der Waals surface area contributed by atoms with Crippen LogP contribution in [0.5, 0.6) is 0 Å². The first-order valence-corrected chi connectivity index (χ1v) is 4.76. The normalized spacial score (nSPS) is 34.2. The van der Waals surface area contributed by atoms with E-state index >= 15 is 0 Å². The van der Waals surface area contributed by atoms with Crippen LogP contribution < -0.4 is 5.69 Å². The molecule has 0 aromatic carbocycles. The molecule has 1 aromatic rings. The molecule has 6 nitrogen and oxygen atoms in total. The standard InChI is InChI=1S/C9H11FN2O4/c10-6-7(14)5(3-13)16-8(6)4-1-11-9(15)12-2-4/h1-2,5-8,13-14H,3H2,(H,11,12,15)/t5-,6?,7?,8+/m1/s1. The van der Waals surface area contributed by atoms with Gasteiger partial charge in [0.1, 0.15) is 18.3 Å². The Kier molecular flexibility index (Phi) is 2.99. The fourth-order valence-electron chi connectivity index (χ4n) is 1.65. The van der Waals surface area contributed by atoms with Gasteiger partial charge in [-0.3, -0.25) is 0 Å². The molecule has 2 heterocycles. The van der Waals surface area contributed by atoms with E-state index in [9.17, 15) is 14.3 Å². The summed E-state index contributed by atoms with van der Waals surface area (Å²) >= 11 is 0. The molecule has 7 heteroatoms. The minimum atomic E-state index is -1.65. The SMILES string of the molecule is O=c1ncc([C@@H]2O[C@H](CO)C(O)C2F)c[nH]1. The van der Waals surface area contributed by atoms with Crippen LogP contribution in [0, 0.1) is 0 Å². The van der Waals surface area contributed by atoms with Crippen molar-refractivity contribution < 1.29 is 19.3 Å². The van der Waals surface area contributed by atoms with Gasteiger partial charge in [0.05, 0.1) is 6.61 Å². The van der Waals surface area contributed by atoms with Gasteiger partial charge >= 0.3 is 5.69 Å². The maximum atomic E-state index is 13.6. The van der Waals surface area contributed by atoms with E-state index in [1.165, 1.54) is 12.4 Å². The summed E-state index contributed by atoms with van der Waals surface area (Å²) in [6, 6.07) is 0. The Hall–Kier alpha value is -1.31. The van der Waals surface area contributed by atoms with Gasteiger partial charge in [-0.1, -0.05) is 0 Å². The van der Waals surface area contributed by atoms with Crippen molar-refractivity contribution in [3.63, 3.8) is 0 Å². The number of aliphatic hydroxyl groups is 2. The second-order valence-electron chi connectivity index (χ2n) is 3.56. The highest BCUT2D eigenvalue weighted by Gasteiger charge is 2.44. The molecule has 4 atom stereocenters. The van der Waals surface area contributed by atoms with Crippen LogP contribution in [0.15, 0.2) is 17.2 Å². The summed E-state index contributed by atoms with van der Waals surface area (Å²) < 4.78 is 18.7. The smallest absolute Gasteiger partial charge is 0.344 e. The molecule has 1 aliphatic heterocycles. The number of hydrogen-bond acceptors (Lipinski definition) is 5. The number of H-pyrrole nitrogens is 1. The molecule has 1 aliphatic rings. The molecule has 0 radical (unpaired) electrons. The summed E-state index contributed by atoms with van der Waals surface area (Å²) in [7, 11) is 0. The van der Waals surface area contributed by atoms with Gasteiger partial charge < -0.3 is 19.9 Å². The van der Waals surface area contributed by atoms with Crippen molar-refractivity contribution >= 4 is 0 Å². The molecule has 1 aromatic heterocycles. The zero-order valence-electron chi connectivity index (χ0n) is 8.21. The molecule has 0 aliphatic carbocycles. The summed E-state index contributed by atoms with van der Waals surface area (Å²) in [6.07, 6.45) is -2.53. The van der Waals surface area contributed by atoms with Gasteiger partial charge in [-0.25, -0.2) is 14.2 Å². The Morgan fingerprint density at radius 1 is 1.62 bits per heavy atom. The highest BCUT2D eigenvalue weighted by atomic mass is 19.1.